The average Bonchev–Trinajstić information content (AvgIpc) is 2.41. The minimum atomic E-state index is -0.362. The highest BCUT2D eigenvalue weighted by Crippen LogP contribution is 2.13. The molecule has 1 rings (SSSR count). The van der Waals surface area contributed by atoms with Gasteiger partial charge in [0, 0.05) is 17.3 Å². The normalized spacial score (nSPS) is 10.2. The molecule has 1 amide bonds. The Bertz CT molecular complexity index is 488. The van der Waals surface area contributed by atoms with Crippen molar-refractivity contribution in [3.63, 3.8) is 0 Å². The number of anilines is 1. The fraction of sp³-hybridized carbons (Fsp3) is 0.333. The lowest BCUT2D eigenvalue weighted by molar-refractivity contribution is -0.144. The van der Waals surface area contributed by atoms with E-state index in [-0.39, 0.29) is 25.0 Å². The lowest BCUT2D eigenvalue weighted by atomic mass is 10.3. The number of esters is 1. The molecule has 0 aliphatic heterocycles. The average molecular weight is 311 g/mol. The smallest absolute Gasteiger partial charge is 0.320 e. The molecule has 5 nitrogen and oxygen atoms in total. The first kappa shape index (κ1) is 17.2. The van der Waals surface area contributed by atoms with Crippen molar-refractivity contribution in [2.75, 3.05) is 31.6 Å². The number of rotatable bonds is 8. The molecule has 0 fully saturated rings. The van der Waals surface area contributed by atoms with Gasteiger partial charge in [-0.25, -0.2) is 0 Å². The molecule has 1 aromatic carbocycles. The Morgan fingerprint density at radius 1 is 1.33 bits per heavy atom. The van der Waals surface area contributed by atoms with E-state index in [9.17, 15) is 9.59 Å². The standard InChI is InChI=1S/C15H19ClN2O3/c1-3-9-18(11-15(20)21-4-2)10-14(19)17-13-7-5-12(16)6-8-13/h3,5-8H,1,4,9-11H2,2H3,(H,17,19). The monoisotopic (exact) mass is 310 g/mol. The van der Waals surface area contributed by atoms with E-state index in [0.29, 0.717) is 23.9 Å². The Morgan fingerprint density at radius 3 is 2.57 bits per heavy atom. The highest BCUT2D eigenvalue weighted by atomic mass is 35.5. The molecule has 6 heteroatoms. The maximum absolute atomic E-state index is 11.9. The fourth-order valence-electron chi connectivity index (χ4n) is 1.69. The summed E-state index contributed by atoms with van der Waals surface area (Å²) in [6.45, 7) is 6.22. The molecule has 0 aliphatic carbocycles. The van der Waals surface area contributed by atoms with E-state index < -0.39 is 0 Å². The second-order valence-electron chi connectivity index (χ2n) is 4.32. The van der Waals surface area contributed by atoms with Crippen molar-refractivity contribution in [2.45, 2.75) is 6.92 Å². The number of nitrogens with zero attached hydrogens (tertiary/aromatic N) is 1. The molecule has 0 aromatic heterocycles. The third-order valence-electron chi connectivity index (χ3n) is 2.54. The van der Waals surface area contributed by atoms with Gasteiger partial charge in [0.2, 0.25) is 5.91 Å². The number of nitrogens with one attached hydrogen (secondary N) is 1. The topological polar surface area (TPSA) is 58.6 Å². The third-order valence-corrected chi connectivity index (χ3v) is 2.79. The van der Waals surface area contributed by atoms with Crippen LogP contribution in [0.3, 0.4) is 0 Å². The molecular formula is C15H19ClN2O3. The highest BCUT2D eigenvalue weighted by molar-refractivity contribution is 6.30. The van der Waals surface area contributed by atoms with E-state index >= 15 is 0 Å². The third kappa shape index (κ3) is 6.92. The van der Waals surface area contributed by atoms with Crippen molar-refractivity contribution in [1.82, 2.24) is 4.90 Å². The van der Waals surface area contributed by atoms with Gasteiger partial charge in [-0.3, -0.25) is 14.5 Å². The van der Waals surface area contributed by atoms with Crippen LogP contribution in [0, 0.1) is 0 Å². The second-order valence-corrected chi connectivity index (χ2v) is 4.75. The zero-order chi connectivity index (χ0) is 15.7. The molecule has 1 N–H and O–H groups in total. The van der Waals surface area contributed by atoms with Crippen LogP contribution in [0.1, 0.15) is 6.92 Å². The van der Waals surface area contributed by atoms with Crippen LogP contribution in [0.4, 0.5) is 5.69 Å². The SMILES string of the molecule is C=CCN(CC(=O)Nc1ccc(Cl)cc1)CC(=O)OCC. The summed E-state index contributed by atoms with van der Waals surface area (Å²) in [4.78, 5) is 25.1. The van der Waals surface area contributed by atoms with E-state index in [1.807, 2.05) is 0 Å². The highest BCUT2D eigenvalue weighted by Gasteiger charge is 2.14. The number of carbonyl (C=O) groups is 2. The van der Waals surface area contributed by atoms with Crippen molar-refractivity contribution in [1.29, 1.82) is 0 Å². The predicted octanol–water partition coefficient (Wildman–Crippen LogP) is 2.33. The van der Waals surface area contributed by atoms with Crippen molar-refractivity contribution in [3.8, 4) is 0 Å². The second kappa shape index (κ2) is 9.15. The number of carbonyl (C=O) groups excluding carboxylic acids is 2. The Balaban J connectivity index is 2.53. The molecule has 0 unspecified atom stereocenters. The molecule has 0 heterocycles. The van der Waals surface area contributed by atoms with E-state index in [2.05, 4.69) is 11.9 Å². The van der Waals surface area contributed by atoms with Gasteiger partial charge in [0.15, 0.2) is 0 Å². The molecule has 0 aliphatic rings. The van der Waals surface area contributed by atoms with Gasteiger partial charge in [-0.2, -0.15) is 0 Å². The maximum Gasteiger partial charge on any atom is 0.320 e. The zero-order valence-corrected chi connectivity index (χ0v) is 12.7. The molecule has 0 saturated heterocycles. The van der Waals surface area contributed by atoms with Crippen LogP contribution in [-0.4, -0.2) is 43.0 Å². The summed E-state index contributed by atoms with van der Waals surface area (Å²) in [5.41, 5.74) is 0.652. The Morgan fingerprint density at radius 2 is 2.00 bits per heavy atom. The Labute approximate surface area is 129 Å². The number of halogens is 1. The minimum Gasteiger partial charge on any atom is -0.465 e. The van der Waals surface area contributed by atoms with Crippen LogP contribution in [0.5, 0.6) is 0 Å². The van der Waals surface area contributed by atoms with Gasteiger partial charge in [-0.15, -0.1) is 6.58 Å². The van der Waals surface area contributed by atoms with Gasteiger partial charge in [0.05, 0.1) is 19.7 Å². The zero-order valence-electron chi connectivity index (χ0n) is 12.0. The summed E-state index contributed by atoms with van der Waals surface area (Å²) in [5, 5.41) is 3.34. The van der Waals surface area contributed by atoms with Crippen LogP contribution in [0.25, 0.3) is 0 Å². The van der Waals surface area contributed by atoms with Crippen molar-refractivity contribution in [3.05, 3.63) is 41.9 Å². The van der Waals surface area contributed by atoms with E-state index in [1.165, 1.54) is 0 Å². The Hall–Kier alpha value is -1.85. The minimum absolute atomic E-state index is 0.0495. The molecule has 114 valence electrons. The maximum atomic E-state index is 11.9. The number of benzene rings is 1. The summed E-state index contributed by atoms with van der Waals surface area (Å²) in [7, 11) is 0. The molecule has 0 radical (unpaired) electrons. The first-order chi connectivity index (χ1) is 10.0. The lowest BCUT2D eigenvalue weighted by Gasteiger charge is -2.19. The van der Waals surface area contributed by atoms with Crippen molar-refractivity contribution >= 4 is 29.2 Å². The van der Waals surface area contributed by atoms with Gasteiger partial charge in [0.1, 0.15) is 0 Å². The van der Waals surface area contributed by atoms with E-state index in [1.54, 1.807) is 42.2 Å². The molecule has 21 heavy (non-hydrogen) atoms. The molecule has 1 aromatic rings. The van der Waals surface area contributed by atoms with Gasteiger partial charge in [-0.1, -0.05) is 17.7 Å². The predicted molar refractivity (Wildman–Crippen MR) is 83.4 cm³/mol. The van der Waals surface area contributed by atoms with Crippen LogP contribution in [0.15, 0.2) is 36.9 Å². The van der Waals surface area contributed by atoms with Gasteiger partial charge in [0.25, 0.3) is 0 Å². The molecule has 0 atom stereocenters. The van der Waals surface area contributed by atoms with Crippen LogP contribution < -0.4 is 5.32 Å². The summed E-state index contributed by atoms with van der Waals surface area (Å²) in [6, 6.07) is 6.81. The molecule has 0 spiro atoms. The first-order valence-corrected chi connectivity index (χ1v) is 6.97. The fourth-order valence-corrected chi connectivity index (χ4v) is 1.82. The van der Waals surface area contributed by atoms with Gasteiger partial charge < -0.3 is 10.1 Å². The number of hydrogen-bond donors (Lipinski definition) is 1. The van der Waals surface area contributed by atoms with Crippen LogP contribution >= 0.6 is 11.6 Å². The summed E-state index contributed by atoms with van der Waals surface area (Å²) >= 11 is 5.78. The largest absolute Gasteiger partial charge is 0.465 e. The quantitative estimate of drug-likeness (QED) is 0.591. The number of hydrogen-bond acceptors (Lipinski definition) is 4. The van der Waals surface area contributed by atoms with Gasteiger partial charge >= 0.3 is 5.97 Å². The van der Waals surface area contributed by atoms with Crippen molar-refractivity contribution < 1.29 is 14.3 Å². The lowest BCUT2D eigenvalue weighted by Crippen LogP contribution is -2.37. The van der Waals surface area contributed by atoms with Crippen molar-refractivity contribution in [2.24, 2.45) is 0 Å². The molecular weight excluding hydrogens is 292 g/mol. The van der Waals surface area contributed by atoms with Crippen LogP contribution in [-0.2, 0) is 14.3 Å². The molecule has 0 bridgehead atoms. The summed E-state index contributed by atoms with van der Waals surface area (Å²) < 4.78 is 4.87. The summed E-state index contributed by atoms with van der Waals surface area (Å²) in [6.07, 6.45) is 1.63. The van der Waals surface area contributed by atoms with E-state index in [4.69, 9.17) is 16.3 Å². The number of ether oxygens (including phenoxy) is 1. The Kier molecular flexibility index (Phi) is 7.50. The van der Waals surface area contributed by atoms with Gasteiger partial charge in [-0.05, 0) is 31.2 Å². The number of amides is 1. The summed E-state index contributed by atoms with van der Waals surface area (Å²) in [5.74, 6) is -0.581. The van der Waals surface area contributed by atoms with E-state index in [0.717, 1.165) is 0 Å². The molecule has 0 saturated carbocycles. The van der Waals surface area contributed by atoms with Crippen LogP contribution in [0.2, 0.25) is 5.02 Å². The first-order valence-electron chi connectivity index (χ1n) is 6.59.